The summed E-state index contributed by atoms with van der Waals surface area (Å²) in [6, 6.07) is 0. The molecule has 0 aromatic carbocycles. The molecule has 0 spiro atoms. The number of thiol groups is 1. The quantitative estimate of drug-likeness (QED) is 0.160. The van der Waals surface area contributed by atoms with Crippen molar-refractivity contribution in [3.8, 4) is 0 Å². The number of nitrogens with two attached hydrogens (primary N) is 1. The lowest BCUT2D eigenvalue weighted by Crippen LogP contribution is -2.45. The van der Waals surface area contributed by atoms with E-state index in [0.29, 0.717) is 72.6 Å². The van der Waals surface area contributed by atoms with Crippen molar-refractivity contribution in [3.63, 3.8) is 0 Å². The molecule has 0 amide bonds. The first-order valence-corrected chi connectivity index (χ1v) is 14.7. The van der Waals surface area contributed by atoms with E-state index >= 15 is 0 Å². The summed E-state index contributed by atoms with van der Waals surface area (Å²) >= 11 is 3.53. The molecular formula is C26H52N4O8S. The first kappa shape index (κ1) is 36.2. The van der Waals surface area contributed by atoms with Gasteiger partial charge in [0.2, 0.25) is 0 Å². The Labute approximate surface area is 239 Å². The van der Waals surface area contributed by atoms with Gasteiger partial charge in [-0.2, -0.15) is 12.6 Å². The lowest BCUT2D eigenvalue weighted by Gasteiger charge is -2.31. The van der Waals surface area contributed by atoms with Gasteiger partial charge in [0.25, 0.3) is 0 Å². The van der Waals surface area contributed by atoms with Crippen LogP contribution in [0.5, 0.6) is 0 Å². The van der Waals surface area contributed by atoms with Gasteiger partial charge in [-0.15, -0.1) is 5.10 Å². The number of rotatable bonds is 17. The average Bonchev–Trinajstić information content (AvgIpc) is 3.50. The van der Waals surface area contributed by atoms with Gasteiger partial charge >= 0.3 is 0 Å². The maximum absolute atomic E-state index is 5.96. The van der Waals surface area contributed by atoms with Crippen molar-refractivity contribution in [2.75, 3.05) is 65.7 Å². The maximum Gasteiger partial charge on any atom is 0.163 e. The standard InChI is InChI=1S/C23H42N4O8.C2H6.CH4S/c1-22(2,24)33-16-18-15-27(26-25-18)6-8-28-9-10-29-11-12-30-13-14-31-17-20-21-19(5-7-32-20)34-23(3,4)35-21;2*1-2/h15,19-21H,5-14,16-17,24H2,1-4H3;1-2H3;2H,1H3. The highest BCUT2D eigenvalue weighted by molar-refractivity contribution is 7.79. The molecule has 12 nitrogen and oxygen atoms in total. The fourth-order valence-electron chi connectivity index (χ4n) is 3.77. The van der Waals surface area contributed by atoms with Gasteiger partial charge in [-0.25, -0.2) is 4.68 Å². The Morgan fingerprint density at radius 3 is 2.21 bits per heavy atom. The molecule has 2 saturated heterocycles. The predicted octanol–water partition coefficient (Wildman–Crippen LogP) is 2.44. The molecule has 1 aromatic rings. The normalized spacial score (nSPS) is 21.9. The van der Waals surface area contributed by atoms with Crippen molar-refractivity contribution in [2.24, 2.45) is 5.73 Å². The van der Waals surface area contributed by atoms with Crippen molar-refractivity contribution in [2.45, 2.75) is 90.9 Å². The third kappa shape index (κ3) is 15.6. The Hall–Kier alpha value is -0.870. The minimum atomic E-state index is -0.696. The van der Waals surface area contributed by atoms with Crippen LogP contribution in [0, 0.1) is 0 Å². The summed E-state index contributed by atoms with van der Waals surface area (Å²) in [4.78, 5) is 0. The highest BCUT2D eigenvalue weighted by atomic mass is 32.1. The Morgan fingerprint density at radius 2 is 1.59 bits per heavy atom. The number of aromatic nitrogens is 3. The molecule has 2 fully saturated rings. The molecule has 0 saturated carbocycles. The van der Waals surface area contributed by atoms with E-state index < -0.39 is 11.5 Å². The smallest absolute Gasteiger partial charge is 0.163 e. The van der Waals surface area contributed by atoms with E-state index in [2.05, 4.69) is 22.9 Å². The van der Waals surface area contributed by atoms with Gasteiger partial charge in [0, 0.05) is 6.61 Å². The van der Waals surface area contributed by atoms with Crippen LogP contribution in [-0.2, 0) is 51.0 Å². The van der Waals surface area contributed by atoms with Crippen LogP contribution in [-0.4, -0.2) is 111 Å². The Balaban J connectivity index is 0.00000181. The summed E-state index contributed by atoms with van der Waals surface area (Å²) in [5.74, 6) is -0.561. The highest BCUT2D eigenvalue weighted by Gasteiger charge is 2.47. The van der Waals surface area contributed by atoms with Crippen LogP contribution < -0.4 is 5.73 Å². The van der Waals surface area contributed by atoms with Crippen LogP contribution in [0.2, 0.25) is 0 Å². The van der Waals surface area contributed by atoms with Crippen molar-refractivity contribution in [1.82, 2.24) is 15.0 Å². The summed E-state index contributed by atoms with van der Waals surface area (Å²) in [6.45, 7) is 17.0. The highest BCUT2D eigenvalue weighted by Crippen LogP contribution is 2.35. The van der Waals surface area contributed by atoms with Crippen LogP contribution in [0.4, 0.5) is 0 Å². The fraction of sp³-hybridized carbons (Fsp3) is 0.923. The molecule has 1 aromatic heterocycles. The van der Waals surface area contributed by atoms with Gasteiger partial charge in [0.1, 0.15) is 23.6 Å². The molecule has 2 aliphatic heterocycles. The monoisotopic (exact) mass is 580 g/mol. The second kappa shape index (κ2) is 20.1. The van der Waals surface area contributed by atoms with Gasteiger partial charge < -0.3 is 43.6 Å². The third-order valence-corrected chi connectivity index (χ3v) is 5.36. The Bertz CT molecular complexity index is 735. The first-order chi connectivity index (χ1) is 18.7. The minimum Gasteiger partial charge on any atom is -0.377 e. The summed E-state index contributed by atoms with van der Waals surface area (Å²) in [5, 5.41) is 8.09. The van der Waals surface area contributed by atoms with E-state index in [-0.39, 0.29) is 18.3 Å². The second-order valence-electron chi connectivity index (χ2n) is 9.61. The summed E-state index contributed by atoms with van der Waals surface area (Å²) in [5.41, 5.74) is 5.82. The van der Waals surface area contributed by atoms with Crippen molar-refractivity contribution < 1.29 is 37.9 Å². The maximum atomic E-state index is 5.96. The van der Waals surface area contributed by atoms with Crippen molar-refractivity contribution in [1.29, 1.82) is 0 Å². The number of fused-ring (bicyclic) bond motifs is 1. The van der Waals surface area contributed by atoms with E-state index in [9.17, 15) is 0 Å². The van der Waals surface area contributed by atoms with Gasteiger partial charge in [-0.3, -0.25) is 0 Å². The van der Waals surface area contributed by atoms with Gasteiger partial charge in [0.05, 0.1) is 78.3 Å². The zero-order valence-electron chi connectivity index (χ0n) is 24.9. The zero-order valence-corrected chi connectivity index (χ0v) is 25.8. The number of nitrogens with zero attached hydrogens (tertiary/aromatic N) is 3. The molecular weight excluding hydrogens is 528 g/mol. The number of ether oxygens (including phenoxy) is 8. The van der Waals surface area contributed by atoms with Crippen LogP contribution in [0.25, 0.3) is 0 Å². The lowest BCUT2D eigenvalue weighted by molar-refractivity contribution is -0.160. The first-order valence-electron chi connectivity index (χ1n) is 13.8. The van der Waals surface area contributed by atoms with Gasteiger partial charge in [0.15, 0.2) is 5.79 Å². The van der Waals surface area contributed by atoms with E-state index in [1.54, 1.807) is 24.8 Å². The molecule has 0 bridgehead atoms. The van der Waals surface area contributed by atoms with E-state index in [4.69, 9.17) is 43.6 Å². The van der Waals surface area contributed by atoms with E-state index in [1.807, 2.05) is 33.9 Å². The fourth-order valence-corrected chi connectivity index (χ4v) is 3.77. The molecule has 230 valence electrons. The zero-order chi connectivity index (χ0) is 29.2. The number of hydrogen-bond acceptors (Lipinski definition) is 12. The molecule has 3 atom stereocenters. The molecule has 2 aliphatic rings. The van der Waals surface area contributed by atoms with Gasteiger partial charge in [-0.05, 0) is 40.4 Å². The summed E-state index contributed by atoms with van der Waals surface area (Å²) < 4.78 is 47.2. The SMILES string of the molecule is CC.CC(C)(N)OCc1cn(CCOCCOCCOCCOCC2OCCC3OC(C)(C)OC23)nn1.CS. The van der Waals surface area contributed by atoms with Crippen molar-refractivity contribution >= 4 is 12.6 Å². The number of hydrogen-bond donors (Lipinski definition) is 2. The third-order valence-electron chi connectivity index (χ3n) is 5.36. The topological polar surface area (TPSA) is 131 Å². The summed E-state index contributed by atoms with van der Waals surface area (Å²) in [6.07, 6.45) is 4.26. The van der Waals surface area contributed by atoms with Gasteiger partial charge in [-0.1, -0.05) is 19.1 Å². The Kier molecular flexibility index (Phi) is 18.6. The van der Waals surface area contributed by atoms with Crippen LogP contribution in [0.1, 0.15) is 53.7 Å². The average molecular weight is 581 g/mol. The largest absolute Gasteiger partial charge is 0.377 e. The second-order valence-corrected chi connectivity index (χ2v) is 9.61. The molecule has 3 heterocycles. The molecule has 0 radical (unpaired) electrons. The Morgan fingerprint density at radius 1 is 1.00 bits per heavy atom. The minimum absolute atomic E-state index is 0.0764. The van der Waals surface area contributed by atoms with Crippen LogP contribution in [0.3, 0.4) is 0 Å². The van der Waals surface area contributed by atoms with E-state index in [0.717, 1.165) is 12.1 Å². The predicted molar refractivity (Wildman–Crippen MR) is 151 cm³/mol. The summed E-state index contributed by atoms with van der Waals surface area (Å²) in [7, 11) is 0. The molecule has 13 heteroatoms. The molecule has 2 N–H and O–H groups in total. The molecule has 3 unspecified atom stereocenters. The molecule has 39 heavy (non-hydrogen) atoms. The van der Waals surface area contributed by atoms with Crippen LogP contribution >= 0.6 is 12.6 Å². The van der Waals surface area contributed by atoms with Crippen molar-refractivity contribution in [3.05, 3.63) is 11.9 Å². The molecule has 0 aliphatic carbocycles. The van der Waals surface area contributed by atoms with E-state index in [1.165, 1.54) is 0 Å². The molecule has 3 rings (SSSR count). The van der Waals surface area contributed by atoms with Crippen LogP contribution in [0.15, 0.2) is 6.20 Å². The lowest BCUT2D eigenvalue weighted by atomic mass is 10.0.